The standard InChI is InChI=1S/C12H13N5O3S/c18-10(16-5-1-3-8(16)12(19)20)7-17-14-11(13-15-17)9-4-2-6-21-9/h2,4,6,8H,1,3,5,7H2,(H,19,20)/t8-/m1/s1. The number of carbonyl (C=O) groups excluding carboxylic acids is 1. The Hall–Kier alpha value is -2.29. The summed E-state index contributed by atoms with van der Waals surface area (Å²) < 4.78 is 0. The van der Waals surface area contributed by atoms with Gasteiger partial charge in [-0.15, -0.1) is 21.5 Å². The van der Waals surface area contributed by atoms with E-state index in [0.717, 1.165) is 4.88 Å². The zero-order valence-corrected chi connectivity index (χ0v) is 11.9. The van der Waals surface area contributed by atoms with Crippen LogP contribution in [0, 0.1) is 0 Å². The maximum absolute atomic E-state index is 12.2. The zero-order valence-electron chi connectivity index (χ0n) is 11.0. The molecule has 3 rings (SSSR count). The number of carboxylic acids is 1. The number of hydrogen-bond acceptors (Lipinski definition) is 6. The molecule has 0 unspecified atom stereocenters. The smallest absolute Gasteiger partial charge is 0.326 e. The van der Waals surface area contributed by atoms with E-state index < -0.39 is 12.0 Å². The van der Waals surface area contributed by atoms with Crippen LogP contribution < -0.4 is 0 Å². The molecule has 9 heteroatoms. The lowest BCUT2D eigenvalue weighted by molar-refractivity contribution is -0.148. The molecule has 8 nitrogen and oxygen atoms in total. The highest BCUT2D eigenvalue weighted by molar-refractivity contribution is 7.13. The second-order valence-electron chi connectivity index (χ2n) is 4.70. The Morgan fingerprint density at radius 1 is 1.48 bits per heavy atom. The Bertz CT molecular complexity index is 654. The zero-order chi connectivity index (χ0) is 14.8. The molecule has 3 heterocycles. The predicted octanol–water partition coefficient (Wildman–Crippen LogP) is 0.477. The normalized spacial score (nSPS) is 18.1. The number of tetrazole rings is 1. The first kappa shape index (κ1) is 13.7. The van der Waals surface area contributed by atoms with Gasteiger partial charge in [0.1, 0.15) is 12.6 Å². The van der Waals surface area contributed by atoms with E-state index in [9.17, 15) is 9.59 Å². The quantitative estimate of drug-likeness (QED) is 0.881. The molecule has 110 valence electrons. The van der Waals surface area contributed by atoms with Gasteiger partial charge in [0.15, 0.2) is 0 Å². The molecule has 0 spiro atoms. The number of carboxylic acid groups (broad SMARTS) is 1. The Morgan fingerprint density at radius 2 is 2.33 bits per heavy atom. The average molecular weight is 307 g/mol. The lowest BCUT2D eigenvalue weighted by Gasteiger charge is -2.20. The van der Waals surface area contributed by atoms with E-state index in [4.69, 9.17) is 5.11 Å². The summed E-state index contributed by atoms with van der Waals surface area (Å²) in [5.74, 6) is -0.796. The van der Waals surface area contributed by atoms with Crippen LogP contribution in [-0.4, -0.2) is 54.7 Å². The van der Waals surface area contributed by atoms with Gasteiger partial charge in [-0.05, 0) is 29.5 Å². The van der Waals surface area contributed by atoms with Crippen molar-refractivity contribution in [2.75, 3.05) is 6.54 Å². The van der Waals surface area contributed by atoms with Gasteiger partial charge in [0, 0.05) is 6.54 Å². The monoisotopic (exact) mass is 307 g/mol. The van der Waals surface area contributed by atoms with E-state index in [2.05, 4.69) is 15.4 Å². The third kappa shape index (κ3) is 2.77. The van der Waals surface area contributed by atoms with Gasteiger partial charge in [-0.25, -0.2) is 4.79 Å². The first-order valence-corrected chi connectivity index (χ1v) is 7.37. The highest BCUT2D eigenvalue weighted by Crippen LogP contribution is 2.20. The summed E-state index contributed by atoms with van der Waals surface area (Å²) in [5, 5.41) is 22.9. The Balaban J connectivity index is 1.69. The van der Waals surface area contributed by atoms with Crippen molar-refractivity contribution in [3.05, 3.63) is 17.5 Å². The minimum atomic E-state index is -0.966. The molecule has 0 aliphatic carbocycles. The van der Waals surface area contributed by atoms with Crippen molar-refractivity contribution in [2.45, 2.75) is 25.4 Å². The Morgan fingerprint density at radius 3 is 3.05 bits per heavy atom. The summed E-state index contributed by atoms with van der Waals surface area (Å²) in [7, 11) is 0. The predicted molar refractivity (Wildman–Crippen MR) is 73.5 cm³/mol. The molecular weight excluding hydrogens is 294 g/mol. The third-order valence-electron chi connectivity index (χ3n) is 3.33. The van der Waals surface area contributed by atoms with Crippen LogP contribution in [0.25, 0.3) is 10.7 Å². The van der Waals surface area contributed by atoms with E-state index in [1.165, 1.54) is 21.0 Å². The topological polar surface area (TPSA) is 101 Å². The van der Waals surface area contributed by atoms with E-state index in [0.29, 0.717) is 25.2 Å². The van der Waals surface area contributed by atoms with Gasteiger partial charge < -0.3 is 10.0 Å². The highest BCUT2D eigenvalue weighted by Gasteiger charge is 2.34. The Kier molecular flexibility index (Phi) is 3.65. The molecular formula is C12H13N5O3S. The van der Waals surface area contributed by atoms with Gasteiger partial charge in [-0.2, -0.15) is 4.80 Å². The number of amides is 1. The van der Waals surface area contributed by atoms with Crippen molar-refractivity contribution >= 4 is 23.2 Å². The first-order chi connectivity index (χ1) is 10.1. The van der Waals surface area contributed by atoms with Gasteiger partial charge in [-0.3, -0.25) is 4.79 Å². The number of carbonyl (C=O) groups is 2. The fraction of sp³-hybridized carbons (Fsp3) is 0.417. The molecule has 21 heavy (non-hydrogen) atoms. The minimum Gasteiger partial charge on any atom is -0.480 e. The SMILES string of the molecule is O=C(O)[C@H]1CCCN1C(=O)Cn1nnc(-c2cccs2)n1. The van der Waals surface area contributed by atoms with Gasteiger partial charge in [-0.1, -0.05) is 6.07 Å². The molecule has 1 atom stereocenters. The summed E-state index contributed by atoms with van der Waals surface area (Å²) in [6.07, 6.45) is 1.19. The summed E-state index contributed by atoms with van der Waals surface area (Å²) in [5.41, 5.74) is 0. The summed E-state index contributed by atoms with van der Waals surface area (Å²) >= 11 is 1.49. The van der Waals surface area contributed by atoms with Crippen LogP contribution >= 0.6 is 11.3 Å². The molecule has 1 saturated heterocycles. The molecule has 0 saturated carbocycles. The van der Waals surface area contributed by atoms with E-state index >= 15 is 0 Å². The van der Waals surface area contributed by atoms with Crippen molar-refractivity contribution in [1.82, 2.24) is 25.1 Å². The van der Waals surface area contributed by atoms with E-state index in [-0.39, 0.29) is 12.5 Å². The molecule has 2 aromatic heterocycles. The summed E-state index contributed by atoms with van der Waals surface area (Å²) in [6.45, 7) is 0.366. The third-order valence-corrected chi connectivity index (χ3v) is 4.20. The van der Waals surface area contributed by atoms with E-state index in [1.807, 2.05) is 17.5 Å². The van der Waals surface area contributed by atoms with Crippen LogP contribution in [0.2, 0.25) is 0 Å². The van der Waals surface area contributed by atoms with Crippen molar-refractivity contribution in [2.24, 2.45) is 0 Å². The fourth-order valence-electron chi connectivity index (χ4n) is 2.35. The van der Waals surface area contributed by atoms with Crippen molar-refractivity contribution in [3.8, 4) is 10.7 Å². The minimum absolute atomic E-state index is 0.0951. The van der Waals surface area contributed by atoms with E-state index in [1.54, 1.807) is 0 Å². The Labute approximate surface area is 124 Å². The first-order valence-electron chi connectivity index (χ1n) is 6.49. The van der Waals surface area contributed by atoms with Crippen LogP contribution in [-0.2, 0) is 16.1 Å². The molecule has 1 aliphatic rings. The highest BCUT2D eigenvalue weighted by atomic mass is 32.1. The number of aliphatic carboxylic acids is 1. The van der Waals surface area contributed by atoms with Crippen molar-refractivity contribution < 1.29 is 14.7 Å². The van der Waals surface area contributed by atoms with Gasteiger partial charge in [0.05, 0.1) is 4.88 Å². The maximum Gasteiger partial charge on any atom is 0.326 e. The number of hydrogen-bond donors (Lipinski definition) is 1. The van der Waals surface area contributed by atoms with Gasteiger partial charge in [0.2, 0.25) is 11.7 Å². The lowest BCUT2D eigenvalue weighted by Crippen LogP contribution is -2.42. The number of likely N-dealkylation sites (tertiary alicyclic amines) is 1. The summed E-state index contributed by atoms with van der Waals surface area (Å²) in [6, 6.07) is 3.01. The van der Waals surface area contributed by atoms with Crippen LogP contribution in [0.4, 0.5) is 0 Å². The number of aromatic nitrogens is 4. The lowest BCUT2D eigenvalue weighted by atomic mass is 10.2. The largest absolute Gasteiger partial charge is 0.480 e. The average Bonchev–Trinajstić information content (AvgIpc) is 3.19. The number of nitrogens with zero attached hydrogens (tertiary/aromatic N) is 5. The van der Waals surface area contributed by atoms with Crippen molar-refractivity contribution in [3.63, 3.8) is 0 Å². The molecule has 1 fully saturated rings. The van der Waals surface area contributed by atoms with Crippen molar-refractivity contribution in [1.29, 1.82) is 0 Å². The second-order valence-corrected chi connectivity index (χ2v) is 5.65. The number of thiophene rings is 1. The van der Waals surface area contributed by atoms with Crippen LogP contribution in [0.5, 0.6) is 0 Å². The number of rotatable bonds is 4. The van der Waals surface area contributed by atoms with Gasteiger partial charge in [0.25, 0.3) is 0 Å². The molecule has 0 radical (unpaired) electrons. The van der Waals surface area contributed by atoms with Gasteiger partial charge >= 0.3 is 5.97 Å². The molecule has 1 aliphatic heterocycles. The molecule has 2 aromatic rings. The molecule has 0 bridgehead atoms. The van der Waals surface area contributed by atoms with Crippen LogP contribution in [0.3, 0.4) is 0 Å². The summed E-state index contributed by atoms with van der Waals surface area (Å²) in [4.78, 5) is 26.7. The van der Waals surface area contributed by atoms with Crippen LogP contribution in [0.15, 0.2) is 17.5 Å². The molecule has 0 aromatic carbocycles. The maximum atomic E-state index is 12.2. The molecule has 1 N–H and O–H groups in total. The fourth-order valence-corrected chi connectivity index (χ4v) is 3.00. The second kappa shape index (κ2) is 5.60. The molecule has 1 amide bonds. The van der Waals surface area contributed by atoms with Crippen LogP contribution in [0.1, 0.15) is 12.8 Å².